The molecule has 0 bridgehead atoms. The minimum absolute atomic E-state index is 0.163. The van der Waals surface area contributed by atoms with Gasteiger partial charge in [0, 0.05) is 30.7 Å². The van der Waals surface area contributed by atoms with Gasteiger partial charge in [-0.3, -0.25) is 9.88 Å². The van der Waals surface area contributed by atoms with Gasteiger partial charge >= 0.3 is 0 Å². The highest BCUT2D eigenvalue weighted by molar-refractivity contribution is 5.81. The summed E-state index contributed by atoms with van der Waals surface area (Å²) in [6.45, 7) is 4.09. The van der Waals surface area contributed by atoms with E-state index in [4.69, 9.17) is 0 Å². The molecule has 0 saturated carbocycles. The van der Waals surface area contributed by atoms with Crippen LogP contribution in [0.3, 0.4) is 0 Å². The first-order valence-corrected chi connectivity index (χ1v) is 7.79. The summed E-state index contributed by atoms with van der Waals surface area (Å²) in [6.07, 6.45) is 4.35. The predicted molar refractivity (Wildman–Crippen MR) is 81.5 cm³/mol. The van der Waals surface area contributed by atoms with Crippen LogP contribution in [0.25, 0.3) is 10.9 Å². The number of piperidine rings is 1. The Bertz CT molecular complexity index is 658. The summed E-state index contributed by atoms with van der Waals surface area (Å²) in [4.78, 5) is 6.98. The summed E-state index contributed by atoms with van der Waals surface area (Å²) >= 11 is 0. The molecule has 1 aromatic heterocycles. The van der Waals surface area contributed by atoms with E-state index in [-0.39, 0.29) is 5.82 Å². The first-order valence-electron chi connectivity index (χ1n) is 7.79. The van der Waals surface area contributed by atoms with Crippen molar-refractivity contribution in [2.75, 3.05) is 19.6 Å². The molecule has 1 aromatic carbocycles. The Morgan fingerprint density at radius 2 is 2.29 bits per heavy atom. The number of likely N-dealkylation sites (tertiary alicyclic amines) is 1. The zero-order chi connectivity index (χ0) is 14.2. The summed E-state index contributed by atoms with van der Waals surface area (Å²) in [7, 11) is 0. The smallest absolute Gasteiger partial charge is 0.124 e. The van der Waals surface area contributed by atoms with Gasteiger partial charge in [0.25, 0.3) is 0 Å². The largest absolute Gasteiger partial charge is 0.315 e. The number of pyridine rings is 1. The van der Waals surface area contributed by atoms with Gasteiger partial charge < -0.3 is 5.32 Å². The van der Waals surface area contributed by atoms with Crippen molar-refractivity contribution in [1.82, 2.24) is 15.2 Å². The number of nitrogens with one attached hydrogen (secondary N) is 1. The zero-order valence-electron chi connectivity index (χ0n) is 12.1. The molecule has 2 atom stereocenters. The van der Waals surface area contributed by atoms with E-state index in [1.165, 1.54) is 12.8 Å². The Balaban J connectivity index is 1.67. The fourth-order valence-electron chi connectivity index (χ4n) is 3.93. The van der Waals surface area contributed by atoms with Crippen molar-refractivity contribution < 1.29 is 4.39 Å². The Kier molecular flexibility index (Phi) is 3.36. The van der Waals surface area contributed by atoms with Gasteiger partial charge in [-0.05, 0) is 55.6 Å². The highest BCUT2D eigenvalue weighted by Crippen LogP contribution is 2.29. The van der Waals surface area contributed by atoms with Gasteiger partial charge in [0.05, 0.1) is 5.52 Å². The molecule has 3 nitrogen and oxygen atoms in total. The molecule has 4 heteroatoms. The lowest BCUT2D eigenvalue weighted by Crippen LogP contribution is -2.44. The normalized spacial score (nSPS) is 26.1. The van der Waals surface area contributed by atoms with E-state index in [1.807, 2.05) is 12.1 Å². The molecule has 0 radical (unpaired) electrons. The first kappa shape index (κ1) is 13.2. The van der Waals surface area contributed by atoms with Crippen molar-refractivity contribution >= 4 is 10.9 Å². The maximum atomic E-state index is 13.9. The van der Waals surface area contributed by atoms with Crippen LogP contribution in [0.2, 0.25) is 0 Å². The molecule has 2 saturated heterocycles. The molecule has 1 N–H and O–H groups in total. The Hall–Kier alpha value is -1.52. The molecule has 0 aliphatic carbocycles. The van der Waals surface area contributed by atoms with E-state index >= 15 is 0 Å². The highest BCUT2D eigenvalue weighted by Gasteiger charge is 2.34. The van der Waals surface area contributed by atoms with Crippen LogP contribution in [0.1, 0.15) is 18.4 Å². The Morgan fingerprint density at radius 1 is 1.33 bits per heavy atom. The Labute approximate surface area is 124 Å². The van der Waals surface area contributed by atoms with Crippen molar-refractivity contribution in [1.29, 1.82) is 0 Å². The van der Waals surface area contributed by atoms with Crippen LogP contribution < -0.4 is 5.32 Å². The number of aromatic nitrogens is 1. The second-order valence-electron chi connectivity index (χ2n) is 6.24. The number of fused-ring (bicyclic) bond motifs is 2. The lowest BCUT2D eigenvalue weighted by molar-refractivity contribution is 0.118. The second-order valence-corrected chi connectivity index (χ2v) is 6.24. The standard InChI is InChI=1S/C17H20FN3/c18-15-7-12-3-1-5-20-17(12)14(8-15)11-21-6-2-4-13-9-19-10-16(13)21/h1,3,5,7-8,13,16,19H,2,4,6,9-11H2. The third kappa shape index (κ3) is 2.43. The quantitative estimate of drug-likeness (QED) is 0.919. The van der Waals surface area contributed by atoms with Crippen LogP contribution in [0, 0.1) is 11.7 Å². The number of benzene rings is 1. The number of halogens is 1. The van der Waals surface area contributed by atoms with Gasteiger partial charge in [0.1, 0.15) is 5.82 Å². The van der Waals surface area contributed by atoms with E-state index in [0.29, 0.717) is 6.04 Å². The lowest BCUT2D eigenvalue weighted by Gasteiger charge is -2.37. The van der Waals surface area contributed by atoms with E-state index in [2.05, 4.69) is 15.2 Å². The molecule has 0 amide bonds. The fourth-order valence-corrected chi connectivity index (χ4v) is 3.93. The summed E-state index contributed by atoms with van der Waals surface area (Å²) in [5.74, 6) is 0.593. The highest BCUT2D eigenvalue weighted by atomic mass is 19.1. The molecule has 2 aliphatic heterocycles. The monoisotopic (exact) mass is 285 g/mol. The molecule has 2 aliphatic rings. The molecule has 2 unspecified atom stereocenters. The van der Waals surface area contributed by atoms with Crippen molar-refractivity contribution in [2.24, 2.45) is 5.92 Å². The van der Waals surface area contributed by atoms with E-state index < -0.39 is 0 Å². The maximum absolute atomic E-state index is 13.9. The van der Waals surface area contributed by atoms with Gasteiger partial charge in [-0.25, -0.2) is 4.39 Å². The van der Waals surface area contributed by atoms with E-state index in [0.717, 1.165) is 48.6 Å². The van der Waals surface area contributed by atoms with Crippen LogP contribution >= 0.6 is 0 Å². The fraction of sp³-hybridized carbons (Fsp3) is 0.471. The van der Waals surface area contributed by atoms with Crippen LogP contribution in [-0.4, -0.2) is 35.6 Å². The SMILES string of the molecule is Fc1cc(CN2CCCC3CNCC32)c2ncccc2c1. The Morgan fingerprint density at radius 3 is 3.24 bits per heavy atom. The molecule has 2 aromatic rings. The van der Waals surface area contributed by atoms with Gasteiger partial charge in [0.2, 0.25) is 0 Å². The van der Waals surface area contributed by atoms with Gasteiger partial charge in [0.15, 0.2) is 0 Å². The lowest BCUT2D eigenvalue weighted by atomic mass is 9.91. The average molecular weight is 285 g/mol. The molecule has 21 heavy (non-hydrogen) atoms. The topological polar surface area (TPSA) is 28.2 Å². The number of nitrogens with zero attached hydrogens (tertiary/aromatic N) is 2. The van der Waals surface area contributed by atoms with Crippen molar-refractivity contribution in [3.63, 3.8) is 0 Å². The number of rotatable bonds is 2. The minimum Gasteiger partial charge on any atom is -0.315 e. The van der Waals surface area contributed by atoms with E-state index in [1.54, 1.807) is 18.3 Å². The van der Waals surface area contributed by atoms with Crippen LogP contribution in [-0.2, 0) is 6.54 Å². The third-order valence-corrected chi connectivity index (χ3v) is 4.92. The number of hydrogen-bond acceptors (Lipinski definition) is 3. The summed E-state index contributed by atoms with van der Waals surface area (Å²) < 4.78 is 13.9. The van der Waals surface area contributed by atoms with Crippen molar-refractivity contribution in [2.45, 2.75) is 25.4 Å². The zero-order valence-corrected chi connectivity index (χ0v) is 12.1. The van der Waals surface area contributed by atoms with Crippen LogP contribution in [0.4, 0.5) is 4.39 Å². The molecular formula is C17H20FN3. The molecule has 2 fully saturated rings. The summed E-state index contributed by atoms with van der Waals surface area (Å²) in [5, 5.41) is 4.39. The van der Waals surface area contributed by atoms with Gasteiger partial charge in [-0.2, -0.15) is 0 Å². The number of hydrogen-bond donors (Lipinski definition) is 1. The van der Waals surface area contributed by atoms with Crippen molar-refractivity contribution in [3.8, 4) is 0 Å². The van der Waals surface area contributed by atoms with E-state index in [9.17, 15) is 4.39 Å². The second kappa shape index (κ2) is 5.35. The summed E-state index contributed by atoms with van der Waals surface area (Å²) in [5.41, 5.74) is 1.95. The molecule has 110 valence electrons. The minimum atomic E-state index is -0.163. The summed E-state index contributed by atoms with van der Waals surface area (Å²) in [6, 6.07) is 7.62. The maximum Gasteiger partial charge on any atom is 0.124 e. The van der Waals surface area contributed by atoms with Crippen LogP contribution in [0.5, 0.6) is 0 Å². The predicted octanol–water partition coefficient (Wildman–Crippen LogP) is 2.56. The average Bonchev–Trinajstić information content (AvgIpc) is 2.96. The first-order chi connectivity index (χ1) is 10.3. The van der Waals surface area contributed by atoms with Crippen molar-refractivity contribution in [3.05, 3.63) is 41.8 Å². The molecule has 3 heterocycles. The molecule has 4 rings (SSSR count). The molecule has 0 spiro atoms. The van der Waals surface area contributed by atoms with Gasteiger partial charge in [-0.1, -0.05) is 6.07 Å². The van der Waals surface area contributed by atoms with Gasteiger partial charge in [-0.15, -0.1) is 0 Å². The third-order valence-electron chi connectivity index (χ3n) is 4.92. The van der Waals surface area contributed by atoms with Crippen LogP contribution in [0.15, 0.2) is 30.5 Å². The molecular weight excluding hydrogens is 265 g/mol.